The minimum absolute atomic E-state index is 0.0215. The molecule has 2 rings (SSSR count). The Morgan fingerprint density at radius 2 is 2.35 bits per heavy atom. The van der Waals surface area contributed by atoms with Crippen molar-refractivity contribution in [2.45, 2.75) is 25.8 Å². The van der Waals surface area contributed by atoms with Crippen LogP contribution in [0.25, 0.3) is 0 Å². The van der Waals surface area contributed by atoms with Gasteiger partial charge in [-0.05, 0) is 29.1 Å². The summed E-state index contributed by atoms with van der Waals surface area (Å²) in [6.07, 6.45) is 3.99. The van der Waals surface area contributed by atoms with Crippen LogP contribution in [-0.2, 0) is 6.42 Å². The highest BCUT2D eigenvalue weighted by Crippen LogP contribution is 2.24. The van der Waals surface area contributed by atoms with Gasteiger partial charge in [-0.25, -0.2) is 5.43 Å². The minimum Gasteiger partial charge on any atom is -0.271 e. The molecule has 0 saturated heterocycles. The number of nitrogens with one attached hydrogen (secondary N) is 1. The molecule has 0 amide bonds. The summed E-state index contributed by atoms with van der Waals surface area (Å²) in [5.74, 6) is 5.62. The summed E-state index contributed by atoms with van der Waals surface area (Å²) < 4.78 is 3.87. The molecular weight excluding hydrogens is 232 g/mol. The summed E-state index contributed by atoms with van der Waals surface area (Å²) >= 11 is 1.37. The fourth-order valence-electron chi connectivity index (χ4n) is 1.86. The van der Waals surface area contributed by atoms with Gasteiger partial charge >= 0.3 is 0 Å². The van der Waals surface area contributed by atoms with Gasteiger partial charge in [0.15, 0.2) is 0 Å². The lowest BCUT2D eigenvalue weighted by molar-refractivity contribution is 0.644. The molecule has 3 N–H and O–H groups in total. The van der Waals surface area contributed by atoms with Crippen LogP contribution in [0, 0.1) is 0 Å². The quantitative estimate of drug-likeness (QED) is 0.628. The Kier molecular flexibility index (Phi) is 4.19. The number of aryl methyl sites for hydroxylation is 1. The van der Waals surface area contributed by atoms with Crippen LogP contribution >= 0.6 is 11.5 Å². The van der Waals surface area contributed by atoms with Crippen LogP contribution < -0.4 is 11.3 Å². The maximum atomic E-state index is 5.62. The van der Waals surface area contributed by atoms with Gasteiger partial charge in [0.25, 0.3) is 0 Å². The van der Waals surface area contributed by atoms with Crippen molar-refractivity contribution in [3.63, 3.8) is 0 Å². The molecule has 0 aliphatic heterocycles. The monoisotopic (exact) mass is 248 g/mol. The van der Waals surface area contributed by atoms with E-state index >= 15 is 0 Å². The third-order valence-electron chi connectivity index (χ3n) is 2.65. The molecule has 0 saturated carbocycles. The van der Waals surface area contributed by atoms with E-state index in [0.29, 0.717) is 0 Å². The fourth-order valence-corrected chi connectivity index (χ4v) is 2.45. The molecule has 0 bridgehead atoms. The van der Waals surface area contributed by atoms with Crippen LogP contribution in [0.2, 0.25) is 0 Å². The van der Waals surface area contributed by atoms with Gasteiger partial charge in [0.2, 0.25) is 0 Å². The Hall–Kier alpha value is -1.30. The second-order valence-electron chi connectivity index (χ2n) is 3.91. The van der Waals surface area contributed by atoms with E-state index in [2.05, 4.69) is 46.2 Å². The highest BCUT2D eigenvalue weighted by atomic mass is 32.1. The predicted octanol–water partition coefficient (Wildman–Crippen LogP) is 2.04. The number of nitrogens with two attached hydrogens (primary N) is 1. The first kappa shape index (κ1) is 12.2. The highest BCUT2D eigenvalue weighted by Gasteiger charge is 2.14. The summed E-state index contributed by atoms with van der Waals surface area (Å²) in [7, 11) is 0. The fraction of sp³-hybridized carbons (Fsp3) is 0.333. The van der Waals surface area contributed by atoms with Crippen molar-refractivity contribution in [1.82, 2.24) is 15.0 Å². The third kappa shape index (κ3) is 2.88. The van der Waals surface area contributed by atoms with E-state index in [9.17, 15) is 0 Å². The van der Waals surface area contributed by atoms with Crippen LogP contribution in [0.15, 0.2) is 30.5 Å². The molecule has 0 fully saturated rings. The zero-order chi connectivity index (χ0) is 12.1. The molecule has 0 aliphatic carbocycles. The van der Waals surface area contributed by atoms with Crippen molar-refractivity contribution in [1.29, 1.82) is 0 Å². The van der Waals surface area contributed by atoms with Gasteiger partial charge in [0.05, 0.1) is 17.1 Å². The first-order chi connectivity index (χ1) is 8.35. The van der Waals surface area contributed by atoms with E-state index in [1.165, 1.54) is 17.1 Å². The lowest BCUT2D eigenvalue weighted by Gasteiger charge is -2.14. The van der Waals surface area contributed by atoms with Gasteiger partial charge in [-0.15, -0.1) is 5.10 Å². The van der Waals surface area contributed by atoms with E-state index in [0.717, 1.165) is 23.3 Å². The average Bonchev–Trinajstić information content (AvgIpc) is 2.85. The molecular formula is C12H16N4S. The maximum absolute atomic E-state index is 5.62. The number of aromatic nitrogens is 2. The third-order valence-corrected chi connectivity index (χ3v) is 3.38. The van der Waals surface area contributed by atoms with Crippen LogP contribution in [0.5, 0.6) is 0 Å². The standard InChI is InChI=1S/C12H16N4S/c1-2-4-9-5-3-6-10(7-9)12(15-13)11-8-14-16-17-11/h3,5-8,12,15H,2,4,13H2,1H3. The van der Waals surface area contributed by atoms with E-state index in [4.69, 9.17) is 5.84 Å². The number of rotatable bonds is 5. The van der Waals surface area contributed by atoms with Gasteiger partial charge in [-0.2, -0.15) is 0 Å². The minimum atomic E-state index is -0.0215. The zero-order valence-corrected chi connectivity index (χ0v) is 10.6. The molecule has 1 unspecified atom stereocenters. The first-order valence-corrected chi connectivity index (χ1v) is 6.44. The number of hydrazine groups is 1. The molecule has 0 radical (unpaired) electrons. The normalized spacial score (nSPS) is 12.6. The topological polar surface area (TPSA) is 63.8 Å². The van der Waals surface area contributed by atoms with Crippen molar-refractivity contribution < 1.29 is 0 Å². The molecule has 2 aromatic rings. The number of hydrogen-bond donors (Lipinski definition) is 2. The molecule has 17 heavy (non-hydrogen) atoms. The SMILES string of the molecule is CCCc1cccc(C(NN)c2cnns2)c1. The van der Waals surface area contributed by atoms with E-state index in [1.54, 1.807) is 6.20 Å². The Morgan fingerprint density at radius 3 is 3.00 bits per heavy atom. The van der Waals surface area contributed by atoms with Crippen molar-refractivity contribution in [3.05, 3.63) is 46.5 Å². The average molecular weight is 248 g/mol. The van der Waals surface area contributed by atoms with E-state index < -0.39 is 0 Å². The number of benzene rings is 1. The molecule has 0 aliphatic rings. The molecule has 1 atom stereocenters. The van der Waals surface area contributed by atoms with Crippen LogP contribution in [0.3, 0.4) is 0 Å². The number of hydrogen-bond acceptors (Lipinski definition) is 5. The van der Waals surface area contributed by atoms with Crippen LogP contribution in [0.4, 0.5) is 0 Å². The Morgan fingerprint density at radius 1 is 1.47 bits per heavy atom. The van der Waals surface area contributed by atoms with Crippen LogP contribution in [-0.4, -0.2) is 9.59 Å². The molecule has 5 heteroatoms. The lowest BCUT2D eigenvalue weighted by atomic mass is 10.0. The molecule has 90 valence electrons. The van der Waals surface area contributed by atoms with Crippen molar-refractivity contribution in [2.75, 3.05) is 0 Å². The maximum Gasteiger partial charge on any atom is 0.0834 e. The van der Waals surface area contributed by atoms with E-state index in [1.807, 2.05) is 0 Å². The molecule has 1 heterocycles. The molecule has 1 aromatic carbocycles. The number of nitrogens with zero attached hydrogens (tertiary/aromatic N) is 2. The summed E-state index contributed by atoms with van der Waals surface area (Å²) in [6.45, 7) is 2.18. The lowest BCUT2D eigenvalue weighted by Crippen LogP contribution is -2.28. The highest BCUT2D eigenvalue weighted by molar-refractivity contribution is 7.05. The Labute approximate surface area is 105 Å². The van der Waals surface area contributed by atoms with Gasteiger partial charge < -0.3 is 0 Å². The largest absolute Gasteiger partial charge is 0.271 e. The van der Waals surface area contributed by atoms with Gasteiger partial charge in [-0.3, -0.25) is 5.84 Å². The first-order valence-electron chi connectivity index (χ1n) is 5.67. The van der Waals surface area contributed by atoms with Crippen molar-refractivity contribution >= 4 is 11.5 Å². The molecule has 0 spiro atoms. The van der Waals surface area contributed by atoms with Crippen molar-refractivity contribution in [2.24, 2.45) is 5.84 Å². The Balaban J connectivity index is 2.28. The van der Waals surface area contributed by atoms with Crippen molar-refractivity contribution in [3.8, 4) is 0 Å². The molecule has 4 nitrogen and oxygen atoms in total. The van der Waals surface area contributed by atoms with Crippen LogP contribution in [0.1, 0.15) is 35.4 Å². The zero-order valence-electron chi connectivity index (χ0n) is 9.76. The second-order valence-corrected chi connectivity index (χ2v) is 4.73. The van der Waals surface area contributed by atoms with Gasteiger partial charge in [-0.1, -0.05) is 42.1 Å². The van der Waals surface area contributed by atoms with Gasteiger partial charge in [0.1, 0.15) is 0 Å². The predicted molar refractivity (Wildman–Crippen MR) is 69.5 cm³/mol. The van der Waals surface area contributed by atoms with Gasteiger partial charge in [0, 0.05) is 0 Å². The summed E-state index contributed by atoms with van der Waals surface area (Å²) in [5, 5.41) is 3.85. The smallest absolute Gasteiger partial charge is 0.0834 e. The Bertz CT molecular complexity index is 455. The summed E-state index contributed by atoms with van der Waals surface area (Å²) in [5.41, 5.74) is 5.31. The molecule has 1 aromatic heterocycles. The summed E-state index contributed by atoms with van der Waals surface area (Å²) in [4.78, 5) is 1.03. The van der Waals surface area contributed by atoms with E-state index in [-0.39, 0.29) is 6.04 Å². The second kappa shape index (κ2) is 5.86. The summed E-state index contributed by atoms with van der Waals surface area (Å²) in [6, 6.07) is 8.45.